The first-order valence-electron chi connectivity index (χ1n) is 6.88. The number of amides is 1. The van der Waals surface area contributed by atoms with Crippen LogP contribution >= 0.6 is 12.4 Å². The summed E-state index contributed by atoms with van der Waals surface area (Å²) >= 11 is 0. The highest BCUT2D eigenvalue weighted by Gasteiger charge is 2.30. The summed E-state index contributed by atoms with van der Waals surface area (Å²) in [5.74, 6) is 0.994. The van der Waals surface area contributed by atoms with Crippen molar-refractivity contribution in [2.45, 2.75) is 38.1 Å². The zero-order valence-corrected chi connectivity index (χ0v) is 12.1. The van der Waals surface area contributed by atoms with Gasteiger partial charge in [-0.2, -0.15) is 0 Å². The molecule has 18 heavy (non-hydrogen) atoms. The Balaban J connectivity index is 0.00000162. The third-order valence-corrected chi connectivity index (χ3v) is 4.02. The van der Waals surface area contributed by atoms with Gasteiger partial charge in [-0.25, -0.2) is 0 Å². The molecule has 0 radical (unpaired) electrons. The zero-order chi connectivity index (χ0) is 12.3. The van der Waals surface area contributed by atoms with Crippen molar-refractivity contribution >= 4 is 18.3 Å². The number of nitrogens with two attached hydrogens (primary N) is 1. The summed E-state index contributed by atoms with van der Waals surface area (Å²) in [6, 6.07) is 0.534. The standard InChI is InChI=1S/C13H25N3O.ClH/c1-15(12-4-5-12)13(17)10-16-8-2-3-11(9-16)6-7-14;/h11-12H,2-10,14H2,1H3;1H. The first-order valence-corrected chi connectivity index (χ1v) is 6.88. The van der Waals surface area contributed by atoms with Crippen LogP contribution in [0.3, 0.4) is 0 Å². The molecular formula is C13H26ClN3O. The van der Waals surface area contributed by atoms with Gasteiger partial charge in [0, 0.05) is 19.6 Å². The lowest BCUT2D eigenvalue weighted by Crippen LogP contribution is -2.44. The van der Waals surface area contributed by atoms with Crippen LogP contribution < -0.4 is 5.73 Å². The molecule has 0 aromatic rings. The minimum atomic E-state index is 0. The first-order chi connectivity index (χ1) is 8.20. The van der Waals surface area contributed by atoms with Crippen LogP contribution in [0.5, 0.6) is 0 Å². The molecule has 2 fully saturated rings. The van der Waals surface area contributed by atoms with Gasteiger partial charge in [-0.15, -0.1) is 12.4 Å². The highest BCUT2D eigenvalue weighted by atomic mass is 35.5. The van der Waals surface area contributed by atoms with Crippen molar-refractivity contribution in [1.82, 2.24) is 9.80 Å². The highest BCUT2D eigenvalue weighted by Crippen LogP contribution is 2.26. The molecule has 0 aromatic heterocycles. The number of hydrogen-bond acceptors (Lipinski definition) is 3. The lowest BCUT2D eigenvalue weighted by atomic mass is 9.95. The summed E-state index contributed by atoms with van der Waals surface area (Å²) in [6.45, 7) is 3.51. The Labute approximate surface area is 116 Å². The third kappa shape index (κ3) is 4.41. The van der Waals surface area contributed by atoms with Gasteiger partial charge in [0.15, 0.2) is 0 Å². The van der Waals surface area contributed by atoms with E-state index in [1.807, 2.05) is 11.9 Å². The molecule has 106 valence electrons. The molecule has 4 nitrogen and oxygen atoms in total. The van der Waals surface area contributed by atoms with Gasteiger partial charge in [-0.1, -0.05) is 0 Å². The number of likely N-dealkylation sites (N-methyl/N-ethyl adjacent to an activating group) is 1. The number of halogens is 1. The molecule has 1 unspecified atom stereocenters. The van der Waals surface area contributed by atoms with Crippen LogP contribution in [-0.4, -0.2) is 55.0 Å². The van der Waals surface area contributed by atoms with Crippen molar-refractivity contribution in [3.63, 3.8) is 0 Å². The lowest BCUT2D eigenvalue weighted by Gasteiger charge is -2.33. The Bertz CT molecular complexity index is 269. The van der Waals surface area contributed by atoms with Crippen LogP contribution in [-0.2, 0) is 4.79 Å². The molecule has 1 atom stereocenters. The maximum absolute atomic E-state index is 12.0. The fraction of sp³-hybridized carbons (Fsp3) is 0.923. The van der Waals surface area contributed by atoms with E-state index in [0.29, 0.717) is 24.4 Å². The van der Waals surface area contributed by atoms with E-state index >= 15 is 0 Å². The largest absolute Gasteiger partial charge is 0.342 e. The molecule has 1 saturated heterocycles. The average Bonchev–Trinajstić information content (AvgIpc) is 3.13. The highest BCUT2D eigenvalue weighted by molar-refractivity contribution is 5.85. The van der Waals surface area contributed by atoms with Crippen molar-refractivity contribution in [2.24, 2.45) is 11.7 Å². The number of carbonyl (C=O) groups excluding carboxylic acids is 1. The van der Waals surface area contributed by atoms with Gasteiger partial charge in [0.1, 0.15) is 0 Å². The van der Waals surface area contributed by atoms with Gasteiger partial charge in [0.05, 0.1) is 6.54 Å². The fourth-order valence-electron chi connectivity index (χ4n) is 2.73. The molecule has 0 bridgehead atoms. The molecule has 1 heterocycles. The average molecular weight is 276 g/mol. The predicted octanol–water partition coefficient (Wildman–Crippen LogP) is 1.09. The summed E-state index contributed by atoms with van der Waals surface area (Å²) in [4.78, 5) is 16.3. The second kappa shape index (κ2) is 7.31. The lowest BCUT2D eigenvalue weighted by molar-refractivity contribution is -0.132. The van der Waals surface area contributed by atoms with E-state index in [-0.39, 0.29) is 12.4 Å². The van der Waals surface area contributed by atoms with Crippen LogP contribution in [0.25, 0.3) is 0 Å². The molecule has 2 aliphatic rings. The van der Waals surface area contributed by atoms with E-state index in [2.05, 4.69) is 4.90 Å². The van der Waals surface area contributed by atoms with Crippen molar-refractivity contribution in [3.8, 4) is 0 Å². The van der Waals surface area contributed by atoms with Crippen LogP contribution in [0.2, 0.25) is 0 Å². The van der Waals surface area contributed by atoms with Crippen molar-refractivity contribution in [1.29, 1.82) is 0 Å². The molecular weight excluding hydrogens is 250 g/mol. The van der Waals surface area contributed by atoms with Gasteiger partial charge >= 0.3 is 0 Å². The smallest absolute Gasteiger partial charge is 0.236 e. The first kappa shape index (κ1) is 15.7. The molecule has 1 aliphatic carbocycles. The number of piperidine rings is 1. The third-order valence-electron chi connectivity index (χ3n) is 4.02. The normalized spacial score (nSPS) is 24.4. The summed E-state index contributed by atoms with van der Waals surface area (Å²) in [6.07, 6.45) is 5.98. The SMILES string of the molecule is CN(C(=O)CN1CCCC(CCN)C1)C1CC1.Cl. The monoisotopic (exact) mass is 275 g/mol. The quantitative estimate of drug-likeness (QED) is 0.817. The van der Waals surface area contributed by atoms with E-state index in [4.69, 9.17) is 5.73 Å². The van der Waals surface area contributed by atoms with E-state index in [1.165, 1.54) is 25.7 Å². The topological polar surface area (TPSA) is 49.6 Å². The summed E-state index contributed by atoms with van der Waals surface area (Å²) < 4.78 is 0. The van der Waals surface area contributed by atoms with E-state index in [9.17, 15) is 4.79 Å². The van der Waals surface area contributed by atoms with E-state index < -0.39 is 0 Å². The number of rotatable bonds is 5. The summed E-state index contributed by atoms with van der Waals surface area (Å²) in [5, 5.41) is 0. The molecule has 1 amide bonds. The van der Waals surface area contributed by atoms with Crippen molar-refractivity contribution in [3.05, 3.63) is 0 Å². The minimum absolute atomic E-state index is 0. The molecule has 1 saturated carbocycles. The molecule has 2 rings (SSSR count). The van der Waals surface area contributed by atoms with Gasteiger partial charge in [-0.05, 0) is 51.1 Å². The second-order valence-corrected chi connectivity index (χ2v) is 5.56. The predicted molar refractivity (Wildman–Crippen MR) is 75.9 cm³/mol. The van der Waals surface area contributed by atoms with Crippen molar-refractivity contribution < 1.29 is 4.79 Å². The van der Waals surface area contributed by atoms with Gasteiger partial charge in [0.2, 0.25) is 5.91 Å². The van der Waals surface area contributed by atoms with Crippen molar-refractivity contribution in [2.75, 3.05) is 33.2 Å². The number of hydrogen-bond donors (Lipinski definition) is 1. The molecule has 1 aliphatic heterocycles. The van der Waals surface area contributed by atoms with Gasteiger partial charge in [-0.3, -0.25) is 9.69 Å². The van der Waals surface area contributed by atoms with Crippen LogP contribution in [0.4, 0.5) is 0 Å². The van der Waals surface area contributed by atoms with Gasteiger partial charge in [0.25, 0.3) is 0 Å². The van der Waals surface area contributed by atoms with Gasteiger partial charge < -0.3 is 10.6 Å². The van der Waals surface area contributed by atoms with E-state index in [0.717, 1.165) is 26.1 Å². The Morgan fingerprint density at radius 3 is 2.72 bits per heavy atom. The second-order valence-electron chi connectivity index (χ2n) is 5.56. The Kier molecular flexibility index (Phi) is 6.39. The fourth-order valence-corrected chi connectivity index (χ4v) is 2.73. The van der Waals surface area contributed by atoms with E-state index in [1.54, 1.807) is 0 Å². The number of nitrogens with zero attached hydrogens (tertiary/aromatic N) is 2. The molecule has 0 spiro atoms. The molecule has 0 aromatic carbocycles. The molecule has 5 heteroatoms. The Morgan fingerprint density at radius 2 is 2.11 bits per heavy atom. The zero-order valence-electron chi connectivity index (χ0n) is 11.3. The summed E-state index contributed by atoms with van der Waals surface area (Å²) in [5.41, 5.74) is 5.61. The maximum Gasteiger partial charge on any atom is 0.236 e. The van der Waals surface area contributed by atoms with Crippen LogP contribution in [0.15, 0.2) is 0 Å². The Hall–Kier alpha value is -0.320. The van der Waals surface area contributed by atoms with Crippen LogP contribution in [0, 0.1) is 5.92 Å². The Morgan fingerprint density at radius 1 is 1.39 bits per heavy atom. The number of carbonyl (C=O) groups is 1. The minimum Gasteiger partial charge on any atom is -0.342 e. The molecule has 2 N–H and O–H groups in total. The van der Waals surface area contributed by atoms with Crippen LogP contribution in [0.1, 0.15) is 32.1 Å². The summed E-state index contributed by atoms with van der Waals surface area (Å²) in [7, 11) is 1.95. The maximum atomic E-state index is 12.0. The number of likely N-dealkylation sites (tertiary alicyclic amines) is 1.